The van der Waals surface area contributed by atoms with Crippen molar-refractivity contribution in [1.29, 1.82) is 0 Å². The smallest absolute Gasteiger partial charge is 0.164 e. The lowest BCUT2D eigenvalue weighted by molar-refractivity contribution is -0.134. The first kappa shape index (κ1) is 11.1. The lowest BCUT2D eigenvalue weighted by atomic mass is 9.74. The molecule has 2 rings (SSSR count). The van der Waals surface area contributed by atoms with Gasteiger partial charge in [-0.2, -0.15) is 0 Å². The van der Waals surface area contributed by atoms with Gasteiger partial charge in [0.1, 0.15) is 6.10 Å². The summed E-state index contributed by atoms with van der Waals surface area (Å²) in [5.41, 5.74) is 0. The first-order valence-electron chi connectivity index (χ1n) is 6.29. The maximum Gasteiger partial charge on any atom is 0.164 e. The Bertz CT molecular complexity index is 235. The molecule has 0 bridgehead atoms. The van der Waals surface area contributed by atoms with Crippen LogP contribution in [-0.2, 0) is 4.79 Å². The average Bonchev–Trinajstić information content (AvgIpc) is 2.97. The van der Waals surface area contributed by atoms with Gasteiger partial charge in [-0.25, -0.2) is 0 Å². The van der Waals surface area contributed by atoms with Crippen LogP contribution in [0.4, 0.5) is 0 Å². The molecule has 0 spiro atoms. The summed E-state index contributed by atoms with van der Waals surface area (Å²) in [6, 6.07) is 0. The topological polar surface area (TPSA) is 37.3 Å². The van der Waals surface area contributed by atoms with E-state index < -0.39 is 6.10 Å². The van der Waals surface area contributed by atoms with Crippen LogP contribution in [0.2, 0.25) is 0 Å². The molecule has 2 aliphatic rings. The molecule has 2 heteroatoms. The van der Waals surface area contributed by atoms with Gasteiger partial charge >= 0.3 is 0 Å². The lowest BCUT2D eigenvalue weighted by Gasteiger charge is -2.31. The number of rotatable bonds is 3. The van der Waals surface area contributed by atoms with Crippen molar-refractivity contribution in [2.45, 2.75) is 52.1 Å². The first-order valence-corrected chi connectivity index (χ1v) is 6.29. The maximum absolute atomic E-state index is 12.0. The molecule has 2 nitrogen and oxygen atoms in total. The monoisotopic (exact) mass is 210 g/mol. The molecule has 2 fully saturated rings. The van der Waals surface area contributed by atoms with Gasteiger partial charge in [0.15, 0.2) is 5.78 Å². The molecule has 0 aromatic heterocycles. The van der Waals surface area contributed by atoms with Crippen molar-refractivity contribution in [3.05, 3.63) is 0 Å². The summed E-state index contributed by atoms with van der Waals surface area (Å²) < 4.78 is 0. The van der Waals surface area contributed by atoms with Crippen LogP contribution in [-0.4, -0.2) is 17.0 Å². The van der Waals surface area contributed by atoms with Gasteiger partial charge in [-0.3, -0.25) is 4.79 Å². The van der Waals surface area contributed by atoms with E-state index >= 15 is 0 Å². The minimum absolute atomic E-state index is 0.135. The highest BCUT2D eigenvalue weighted by Crippen LogP contribution is 2.38. The van der Waals surface area contributed by atoms with Crippen LogP contribution in [0.15, 0.2) is 0 Å². The maximum atomic E-state index is 12.0. The molecule has 0 aromatic carbocycles. The van der Waals surface area contributed by atoms with Gasteiger partial charge < -0.3 is 5.11 Å². The number of Topliss-reactive ketones (excluding diaryl/α,β-unsaturated/α-hetero) is 1. The number of aliphatic hydroxyl groups excluding tert-OH is 1. The molecular formula is C13H22O2. The highest BCUT2D eigenvalue weighted by molar-refractivity contribution is 5.85. The standard InChI is InChI=1S/C13H22O2/c1-8-5-9(2)7-11(6-8)13(15)12(14)10-3-4-10/h8-12,14H,3-7H2,1-2H3. The van der Waals surface area contributed by atoms with E-state index in [0.29, 0.717) is 17.8 Å². The van der Waals surface area contributed by atoms with Crippen molar-refractivity contribution in [2.75, 3.05) is 0 Å². The van der Waals surface area contributed by atoms with Gasteiger partial charge in [-0.05, 0) is 49.9 Å². The van der Waals surface area contributed by atoms with Crippen molar-refractivity contribution in [3.8, 4) is 0 Å². The summed E-state index contributed by atoms with van der Waals surface area (Å²) in [7, 11) is 0. The van der Waals surface area contributed by atoms with Gasteiger partial charge in [-0.15, -0.1) is 0 Å². The predicted octanol–water partition coefficient (Wildman–Crippen LogP) is 2.40. The lowest BCUT2D eigenvalue weighted by Crippen LogP contribution is -2.34. The third kappa shape index (κ3) is 2.60. The molecule has 15 heavy (non-hydrogen) atoms. The molecule has 1 N–H and O–H groups in total. The van der Waals surface area contributed by atoms with Crippen LogP contribution in [0.25, 0.3) is 0 Å². The molecule has 2 aliphatic carbocycles. The van der Waals surface area contributed by atoms with Crippen LogP contribution < -0.4 is 0 Å². The number of carbonyl (C=O) groups is 1. The van der Waals surface area contributed by atoms with Crippen LogP contribution in [0.5, 0.6) is 0 Å². The van der Waals surface area contributed by atoms with Crippen LogP contribution in [0.1, 0.15) is 46.0 Å². The molecule has 0 radical (unpaired) electrons. The van der Waals surface area contributed by atoms with Crippen molar-refractivity contribution >= 4 is 5.78 Å². The first-order chi connectivity index (χ1) is 7.08. The molecule has 0 aromatic rings. The molecule has 0 amide bonds. The van der Waals surface area contributed by atoms with Crippen LogP contribution in [0, 0.1) is 23.7 Å². The SMILES string of the molecule is CC1CC(C)CC(C(=O)C(O)C2CC2)C1. The fraction of sp³-hybridized carbons (Fsp3) is 0.923. The van der Waals surface area contributed by atoms with E-state index in [-0.39, 0.29) is 11.7 Å². The van der Waals surface area contributed by atoms with Crippen molar-refractivity contribution < 1.29 is 9.90 Å². The summed E-state index contributed by atoms with van der Waals surface area (Å²) >= 11 is 0. The summed E-state index contributed by atoms with van der Waals surface area (Å²) in [5, 5.41) is 9.83. The Balaban J connectivity index is 1.93. The Morgan fingerprint density at radius 3 is 2.13 bits per heavy atom. The number of ketones is 1. The van der Waals surface area contributed by atoms with Crippen LogP contribution in [0.3, 0.4) is 0 Å². The average molecular weight is 210 g/mol. The third-order valence-corrected chi connectivity index (χ3v) is 3.94. The molecule has 3 atom stereocenters. The normalized spacial score (nSPS) is 38.7. The Labute approximate surface area is 92.1 Å². The third-order valence-electron chi connectivity index (χ3n) is 3.94. The van der Waals surface area contributed by atoms with Gasteiger partial charge in [0.2, 0.25) is 0 Å². The van der Waals surface area contributed by atoms with E-state index in [1.54, 1.807) is 0 Å². The fourth-order valence-electron chi connectivity index (χ4n) is 3.07. The molecule has 0 aliphatic heterocycles. The van der Waals surface area contributed by atoms with E-state index in [1.807, 2.05) is 0 Å². The van der Waals surface area contributed by atoms with E-state index in [0.717, 1.165) is 25.7 Å². The zero-order valence-electron chi connectivity index (χ0n) is 9.78. The largest absolute Gasteiger partial charge is 0.385 e. The highest BCUT2D eigenvalue weighted by Gasteiger charge is 2.39. The van der Waals surface area contributed by atoms with Crippen LogP contribution >= 0.6 is 0 Å². The second-order valence-electron chi connectivity index (χ2n) is 5.80. The number of aliphatic hydroxyl groups is 1. The number of hydrogen-bond acceptors (Lipinski definition) is 2. The Morgan fingerprint density at radius 2 is 1.67 bits per heavy atom. The van der Waals surface area contributed by atoms with Gasteiger partial charge in [0.25, 0.3) is 0 Å². The van der Waals surface area contributed by atoms with E-state index in [2.05, 4.69) is 13.8 Å². The van der Waals surface area contributed by atoms with E-state index in [9.17, 15) is 9.90 Å². The Kier molecular flexibility index (Phi) is 3.15. The zero-order valence-corrected chi connectivity index (χ0v) is 9.78. The van der Waals surface area contributed by atoms with E-state index in [4.69, 9.17) is 0 Å². The zero-order chi connectivity index (χ0) is 11.0. The molecule has 3 unspecified atom stereocenters. The Hall–Kier alpha value is -0.370. The van der Waals surface area contributed by atoms with Crippen molar-refractivity contribution in [3.63, 3.8) is 0 Å². The minimum atomic E-state index is -0.646. The Morgan fingerprint density at radius 1 is 1.13 bits per heavy atom. The predicted molar refractivity (Wildman–Crippen MR) is 59.4 cm³/mol. The minimum Gasteiger partial charge on any atom is -0.385 e. The second-order valence-corrected chi connectivity index (χ2v) is 5.80. The van der Waals surface area contributed by atoms with Gasteiger partial charge in [0, 0.05) is 5.92 Å². The molecule has 2 saturated carbocycles. The summed E-state index contributed by atoms with van der Waals surface area (Å²) in [6.45, 7) is 4.44. The summed E-state index contributed by atoms with van der Waals surface area (Å²) in [4.78, 5) is 12.0. The second kappa shape index (κ2) is 4.25. The number of carbonyl (C=O) groups excluding carboxylic acids is 1. The summed E-state index contributed by atoms with van der Waals surface area (Å²) in [5.74, 6) is 1.86. The number of hydrogen-bond donors (Lipinski definition) is 1. The highest BCUT2D eigenvalue weighted by atomic mass is 16.3. The molecule has 86 valence electrons. The molecule has 0 heterocycles. The summed E-state index contributed by atoms with van der Waals surface area (Å²) in [6.07, 6.45) is 4.67. The van der Waals surface area contributed by atoms with E-state index in [1.165, 1.54) is 6.42 Å². The van der Waals surface area contributed by atoms with Gasteiger partial charge in [-0.1, -0.05) is 13.8 Å². The fourth-order valence-corrected chi connectivity index (χ4v) is 3.07. The molecule has 0 saturated heterocycles. The van der Waals surface area contributed by atoms with Crippen molar-refractivity contribution in [1.82, 2.24) is 0 Å². The van der Waals surface area contributed by atoms with Crippen molar-refractivity contribution in [2.24, 2.45) is 23.7 Å². The quantitative estimate of drug-likeness (QED) is 0.776. The van der Waals surface area contributed by atoms with Gasteiger partial charge in [0.05, 0.1) is 0 Å². The molecular weight excluding hydrogens is 188 g/mol.